The lowest BCUT2D eigenvalue weighted by atomic mass is 9.98. The van der Waals surface area contributed by atoms with Crippen molar-refractivity contribution >= 4 is 22.4 Å². The van der Waals surface area contributed by atoms with Crippen molar-refractivity contribution in [3.63, 3.8) is 0 Å². The molecule has 2 aromatic heterocycles. The quantitative estimate of drug-likeness (QED) is 0.261. The molecule has 0 aliphatic carbocycles. The van der Waals surface area contributed by atoms with Crippen LogP contribution in [0.5, 0.6) is 0 Å². The Kier molecular flexibility index (Phi) is 7.64. The predicted molar refractivity (Wildman–Crippen MR) is 152 cm³/mol. The topological polar surface area (TPSA) is 48.1 Å². The molecule has 0 atom stereocenters. The molecular formula is C31H37N5. The number of para-hydroxylation sites is 1. The molecule has 0 saturated heterocycles. The largest absolute Gasteiger partial charge is 0.371 e. The van der Waals surface area contributed by atoms with Crippen molar-refractivity contribution in [3.8, 4) is 17.3 Å². The van der Waals surface area contributed by atoms with E-state index in [9.17, 15) is 5.26 Å². The van der Waals surface area contributed by atoms with Crippen LogP contribution in [-0.2, 0) is 6.54 Å². The first-order valence-corrected chi connectivity index (χ1v) is 13.1. The molecule has 2 aromatic carbocycles. The molecule has 0 radical (unpaired) electrons. The van der Waals surface area contributed by atoms with Crippen LogP contribution in [0.25, 0.3) is 22.2 Å². The van der Waals surface area contributed by atoms with Crippen molar-refractivity contribution in [2.75, 3.05) is 36.0 Å². The van der Waals surface area contributed by atoms with Crippen molar-refractivity contribution in [1.29, 1.82) is 5.26 Å². The van der Waals surface area contributed by atoms with E-state index in [0.717, 1.165) is 59.7 Å². The molecule has 5 heteroatoms. The van der Waals surface area contributed by atoms with Crippen LogP contribution < -0.4 is 9.80 Å². The van der Waals surface area contributed by atoms with Crippen LogP contribution in [0, 0.1) is 25.2 Å². The number of hydrogen-bond donors (Lipinski definition) is 0. The van der Waals surface area contributed by atoms with Crippen LogP contribution in [0.1, 0.15) is 50.1 Å². The normalized spacial score (nSPS) is 11.0. The number of hydrogen-bond acceptors (Lipinski definition) is 4. The fourth-order valence-electron chi connectivity index (χ4n) is 5.45. The van der Waals surface area contributed by atoms with Crippen molar-refractivity contribution in [3.05, 3.63) is 77.0 Å². The first kappa shape index (κ1) is 25.3. The number of fused-ring (bicyclic) bond motifs is 1. The second kappa shape index (κ2) is 10.9. The van der Waals surface area contributed by atoms with E-state index in [1.165, 1.54) is 16.8 Å². The van der Waals surface area contributed by atoms with E-state index in [-0.39, 0.29) is 0 Å². The van der Waals surface area contributed by atoms with Gasteiger partial charge in [0.05, 0.1) is 11.2 Å². The summed E-state index contributed by atoms with van der Waals surface area (Å²) in [5.41, 5.74) is 8.30. The SMILES string of the molecule is CCN(CC)c1nc(-c2c(C#N)n(Cc3ccccc3)c3ccccc23)c(C)c(N(CC)CC)c1C. The van der Waals surface area contributed by atoms with Gasteiger partial charge in [-0.05, 0) is 58.7 Å². The summed E-state index contributed by atoms with van der Waals surface area (Å²) >= 11 is 0. The van der Waals surface area contributed by atoms with Crippen LogP contribution >= 0.6 is 0 Å². The fourth-order valence-corrected chi connectivity index (χ4v) is 5.45. The van der Waals surface area contributed by atoms with Gasteiger partial charge in [0.2, 0.25) is 0 Å². The minimum Gasteiger partial charge on any atom is -0.371 e. The Morgan fingerprint density at radius 1 is 0.806 bits per heavy atom. The zero-order valence-electron chi connectivity index (χ0n) is 22.5. The number of nitrogens with zero attached hydrogens (tertiary/aromatic N) is 5. The Labute approximate surface area is 215 Å². The van der Waals surface area contributed by atoms with E-state index >= 15 is 0 Å². The molecular weight excluding hydrogens is 442 g/mol. The summed E-state index contributed by atoms with van der Waals surface area (Å²) in [5, 5.41) is 11.6. The molecule has 0 amide bonds. The molecule has 186 valence electrons. The molecule has 0 bridgehead atoms. The third-order valence-electron chi connectivity index (χ3n) is 7.26. The maximum absolute atomic E-state index is 10.5. The molecule has 0 aliphatic heterocycles. The summed E-state index contributed by atoms with van der Waals surface area (Å²) in [5.74, 6) is 1.01. The lowest BCUT2D eigenvalue weighted by molar-refractivity contribution is 0.819. The molecule has 0 spiro atoms. The first-order chi connectivity index (χ1) is 17.5. The second-order valence-corrected chi connectivity index (χ2v) is 9.15. The molecule has 4 rings (SSSR count). The van der Waals surface area contributed by atoms with Gasteiger partial charge in [-0.3, -0.25) is 0 Å². The van der Waals surface area contributed by atoms with E-state index in [1.807, 2.05) is 24.3 Å². The summed E-state index contributed by atoms with van der Waals surface area (Å²) in [4.78, 5) is 10.0. The highest BCUT2D eigenvalue weighted by molar-refractivity contribution is 6.00. The van der Waals surface area contributed by atoms with Gasteiger partial charge < -0.3 is 14.4 Å². The third-order valence-corrected chi connectivity index (χ3v) is 7.26. The van der Waals surface area contributed by atoms with Crippen LogP contribution in [0.2, 0.25) is 0 Å². The van der Waals surface area contributed by atoms with Crippen molar-refractivity contribution in [2.24, 2.45) is 0 Å². The number of benzene rings is 2. The molecule has 2 heterocycles. The Morgan fingerprint density at radius 3 is 2.03 bits per heavy atom. The van der Waals surface area contributed by atoms with E-state index in [2.05, 4.69) is 92.3 Å². The maximum Gasteiger partial charge on any atom is 0.134 e. The summed E-state index contributed by atoms with van der Waals surface area (Å²) < 4.78 is 2.15. The van der Waals surface area contributed by atoms with Gasteiger partial charge in [0.15, 0.2) is 0 Å². The number of anilines is 2. The molecule has 0 aliphatic rings. The third kappa shape index (κ3) is 4.33. The van der Waals surface area contributed by atoms with Crippen molar-refractivity contribution in [2.45, 2.75) is 48.1 Å². The zero-order valence-corrected chi connectivity index (χ0v) is 22.5. The minimum absolute atomic E-state index is 0.640. The van der Waals surface area contributed by atoms with Crippen molar-refractivity contribution < 1.29 is 0 Å². The van der Waals surface area contributed by atoms with Crippen LogP contribution in [0.15, 0.2) is 54.6 Å². The average molecular weight is 480 g/mol. The molecule has 0 fully saturated rings. The van der Waals surface area contributed by atoms with Gasteiger partial charge in [0.1, 0.15) is 17.6 Å². The molecule has 5 nitrogen and oxygen atoms in total. The van der Waals surface area contributed by atoms with Crippen LogP contribution in [-0.4, -0.2) is 35.7 Å². The Hall–Kier alpha value is -3.78. The molecule has 36 heavy (non-hydrogen) atoms. The summed E-state index contributed by atoms with van der Waals surface area (Å²) in [7, 11) is 0. The highest BCUT2D eigenvalue weighted by atomic mass is 15.2. The summed E-state index contributed by atoms with van der Waals surface area (Å²) in [6.07, 6.45) is 0. The second-order valence-electron chi connectivity index (χ2n) is 9.15. The van der Waals surface area contributed by atoms with Crippen molar-refractivity contribution in [1.82, 2.24) is 9.55 Å². The number of aromatic nitrogens is 2. The predicted octanol–water partition coefficient (Wildman–Crippen LogP) is 6.93. The number of rotatable bonds is 9. The van der Waals surface area contributed by atoms with Gasteiger partial charge in [0.25, 0.3) is 0 Å². The standard InChI is InChI=1S/C31H37N5/c1-7-34(8-2)30-22(5)29(33-31(23(30)6)35(9-3)10-4)28-25-18-14-15-19-26(25)36(27(28)20-32)21-24-16-12-11-13-17-24/h11-19H,7-10,21H2,1-6H3. The van der Waals surface area contributed by atoms with Gasteiger partial charge in [-0.1, -0.05) is 48.5 Å². The van der Waals surface area contributed by atoms with E-state index in [1.54, 1.807) is 0 Å². The highest BCUT2D eigenvalue weighted by Crippen LogP contribution is 2.42. The first-order valence-electron chi connectivity index (χ1n) is 13.1. The lowest BCUT2D eigenvalue weighted by Gasteiger charge is -2.31. The van der Waals surface area contributed by atoms with Crippen LogP contribution in [0.4, 0.5) is 11.5 Å². The molecule has 4 aromatic rings. The number of pyridine rings is 1. The molecule has 0 saturated carbocycles. The van der Waals surface area contributed by atoms with E-state index in [0.29, 0.717) is 12.2 Å². The monoisotopic (exact) mass is 479 g/mol. The molecule has 0 unspecified atom stereocenters. The average Bonchev–Trinajstić information content (AvgIpc) is 3.22. The minimum atomic E-state index is 0.640. The van der Waals surface area contributed by atoms with E-state index in [4.69, 9.17) is 4.98 Å². The van der Waals surface area contributed by atoms with Gasteiger partial charge in [0, 0.05) is 54.9 Å². The highest BCUT2D eigenvalue weighted by Gasteiger charge is 2.26. The van der Waals surface area contributed by atoms with Gasteiger partial charge >= 0.3 is 0 Å². The summed E-state index contributed by atoms with van der Waals surface area (Å²) in [6.45, 7) is 17.3. The van der Waals surface area contributed by atoms with Gasteiger partial charge in [-0.2, -0.15) is 5.26 Å². The molecule has 0 N–H and O–H groups in total. The Bertz CT molecular complexity index is 1390. The Morgan fingerprint density at radius 2 is 1.42 bits per heavy atom. The lowest BCUT2D eigenvalue weighted by Crippen LogP contribution is -2.28. The zero-order chi connectivity index (χ0) is 25.8. The van der Waals surface area contributed by atoms with Gasteiger partial charge in [-0.25, -0.2) is 4.98 Å². The summed E-state index contributed by atoms with van der Waals surface area (Å²) in [6, 6.07) is 21.3. The van der Waals surface area contributed by atoms with Gasteiger partial charge in [-0.15, -0.1) is 0 Å². The Balaban J connectivity index is 2.08. The number of nitriles is 1. The maximum atomic E-state index is 10.5. The van der Waals surface area contributed by atoms with Crippen LogP contribution in [0.3, 0.4) is 0 Å². The van der Waals surface area contributed by atoms with E-state index < -0.39 is 0 Å². The fraction of sp³-hybridized carbons (Fsp3) is 0.355. The smallest absolute Gasteiger partial charge is 0.134 e.